The normalized spacial score (nSPS) is 12.6. The zero-order chi connectivity index (χ0) is 28.5. The summed E-state index contributed by atoms with van der Waals surface area (Å²) in [5.41, 5.74) is 13.4. The Kier molecular flexibility index (Phi) is 6.89. The van der Waals surface area contributed by atoms with Crippen LogP contribution < -0.4 is 0 Å². The number of nitrogens with zero attached hydrogens (tertiary/aromatic N) is 2. The minimum atomic E-state index is 0.394. The molecule has 6 rings (SSSR count). The van der Waals surface area contributed by atoms with Crippen molar-refractivity contribution in [3.8, 4) is 33.9 Å². The summed E-state index contributed by atoms with van der Waals surface area (Å²) in [4.78, 5) is 0. The molecule has 0 saturated heterocycles. The Labute approximate surface area is 249 Å². The molecule has 0 N–H and O–H groups in total. The molecule has 1 aromatic heterocycles. The molecule has 0 amide bonds. The van der Waals surface area contributed by atoms with Crippen LogP contribution in [0.3, 0.4) is 0 Å². The molecule has 0 aliphatic heterocycles. The first-order chi connectivity index (χ1) is 19.1. The van der Waals surface area contributed by atoms with E-state index in [4.69, 9.17) is 0 Å². The Bertz CT molecular complexity index is 1650. The van der Waals surface area contributed by atoms with E-state index < -0.39 is 0 Å². The molecule has 40 heavy (non-hydrogen) atoms. The van der Waals surface area contributed by atoms with Crippen molar-refractivity contribution in [2.45, 2.75) is 79.1 Å². The Hall–Kier alpha value is -2.99. The molecular weight excluding hydrogens is 579 g/mol. The van der Waals surface area contributed by atoms with E-state index in [0.29, 0.717) is 23.7 Å². The van der Waals surface area contributed by atoms with Crippen LogP contribution >= 0.6 is 0 Å². The van der Waals surface area contributed by atoms with Crippen molar-refractivity contribution in [1.82, 2.24) is 9.13 Å². The van der Waals surface area contributed by atoms with E-state index >= 15 is 0 Å². The van der Waals surface area contributed by atoms with Crippen molar-refractivity contribution in [1.29, 1.82) is 0 Å². The second-order valence-electron chi connectivity index (χ2n) is 12.5. The van der Waals surface area contributed by atoms with E-state index in [1.54, 1.807) is 0 Å². The van der Waals surface area contributed by atoms with E-state index in [1.165, 1.54) is 66.9 Å². The molecule has 2 nitrogen and oxygen atoms in total. The molecule has 1 heterocycles. The van der Waals surface area contributed by atoms with Gasteiger partial charge in [-0.2, -0.15) is 0 Å². The molecule has 0 saturated carbocycles. The third-order valence-corrected chi connectivity index (χ3v) is 9.26. The van der Waals surface area contributed by atoms with Crippen LogP contribution in [0.25, 0.3) is 44.7 Å². The maximum absolute atomic E-state index is 3.88. The van der Waals surface area contributed by atoms with Crippen LogP contribution in [0.1, 0.15) is 101 Å². The fraction of sp³-hybridized carbons (Fsp3) is 0.324. The van der Waals surface area contributed by atoms with Crippen LogP contribution in [-0.2, 0) is 18.7 Å². The number of imidazole rings is 1. The molecule has 0 radical (unpaired) electrons. The van der Waals surface area contributed by atoms with Gasteiger partial charge in [0.25, 0.3) is 0 Å². The average molecular weight is 619 g/mol. The topological polar surface area (TPSA) is 9.86 Å². The molecule has 1 aliphatic carbocycles. The summed E-state index contributed by atoms with van der Waals surface area (Å²) in [5.74, 6) is 1.58. The van der Waals surface area contributed by atoms with Crippen LogP contribution in [0.4, 0.5) is 0 Å². The molecule has 0 unspecified atom stereocenters. The van der Waals surface area contributed by atoms with E-state index in [-0.39, 0.29) is 0 Å². The van der Waals surface area contributed by atoms with Crippen LogP contribution in [0, 0.1) is 3.89 Å². The quantitative estimate of drug-likeness (QED) is 0.164. The summed E-state index contributed by atoms with van der Waals surface area (Å²) in [6.45, 7) is 18.5. The fourth-order valence-corrected chi connectivity index (χ4v) is 7.34. The zero-order valence-corrected chi connectivity index (χ0v) is 26.5. The monoisotopic (exact) mass is 618 g/mol. The van der Waals surface area contributed by atoms with Crippen molar-refractivity contribution < 1.29 is 18.7 Å². The summed E-state index contributed by atoms with van der Waals surface area (Å²) >= 11 is 3.88. The molecular formula is C37H40N2Pd. The number of benzene rings is 4. The number of fused-ring (bicyclic) bond motifs is 3. The van der Waals surface area contributed by atoms with E-state index in [9.17, 15) is 0 Å². The van der Waals surface area contributed by atoms with Gasteiger partial charge >= 0.3 is 251 Å². The predicted octanol–water partition coefficient (Wildman–Crippen LogP) is 10.6. The van der Waals surface area contributed by atoms with Gasteiger partial charge in [-0.3, -0.25) is 0 Å². The van der Waals surface area contributed by atoms with Gasteiger partial charge in [-0.1, -0.05) is 0 Å². The van der Waals surface area contributed by atoms with Crippen molar-refractivity contribution in [2.75, 3.05) is 0 Å². The van der Waals surface area contributed by atoms with Crippen LogP contribution in [0.5, 0.6) is 0 Å². The summed E-state index contributed by atoms with van der Waals surface area (Å²) in [6, 6.07) is 27.3. The molecule has 0 fully saturated rings. The number of hydrogen-bond acceptors (Lipinski definition) is 0. The van der Waals surface area contributed by atoms with Crippen LogP contribution in [0.2, 0.25) is 0 Å². The minimum absolute atomic E-state index is 0.394. The Morgan fingerprint density at radius 3 is 1.12 bits per heavy atom. The first kappa shape index (κ1) is 27.2. The maximum atomic E-state index is 3.88. The summed E-state index contributed by atoms with van der Waals surface area (Å²) in [7, 11) is 0. The number of aromatic nitrogens is 2. The summed E-state index contributed by atoms with van der Waals surface area (Å²) in [6.07, 6.45) is 0. The third kappa shape index (κ3) is 3.97. The van der Waals surface area contributed by atoms with Gasteiger partial charge in [-0.15, -0.1) is 0 Å². The Morgan fingerprint density at radius 2 is 0.800 bits per heavy atom. The van der Waals surface area contributed by atoms with Gasteiger partial charge in [0, 0.05) is 0 Å². The number of hydrogen-bond donors (Lipinski definition) is 0. The molecule has 208 valence electrons. The van der Waals surface area contributed by atoms with Gasteiger partial charge in [0.05, 0.1) is 0 Å². The second-order valence-corrected chi connectivity index (χ2v) is 13.2. The first-order valence-corrected chi connectivity index (χ1v) is 15.5. The predicted molar refractivity (Wildman–Crippen MR) is 167 cm³/mol. The number of rotatable bonds is 6. The van der Waals surface area contributed by atoms with Crippen molar-refractivity contribution in [3.63, 3.8) is 0 Å². The first-order valence-electron chi connectivity index (χ1n) is 14.7. The molecule has 0 spiro atoms. The van der Waals surface area contributed by atoms with Gasteiger partial charge < -0.3 is 0 Å². The fourth-order valence-electron chi connectivity index (χ4n) is 6.65. The van der Waals surface area contributed by atoms with E-state index in [0.717, 1.165) is 3.89 Å². The molecule has 3 heteroatoms. The zero-order valence-electron chi connectivity index (χ0n) is 24.9. The molecule has 1 aliphatic rings. The Balaban J connectivity index is 1.87. The van der Waals surface area contributed by atoms with Gasteiger partial charge in [0.1, 0.15) is 0 Å². The van der Waals surface area contributed by atoms with E-state index in [2.05, 4.69) is 156 Å². The van der Waals surface area contributed by atoms with Crippen molar-refractivity contribution in [3.05, 3.63) is 98.9 Å². The van der Waals surface area contributed by atoms with Crippen LogP contribution in [-0.4, -0.2) is 9.13 Å². The van der Waals surface area contributed by atoms with Crippen molar-refractivity contribution >= 4 is 10.8 Å². The third-order valence-electron chi connectivity index (χ3n) is 8.56. The van der Waals surface area contributed by atoms with Gasteiger partial charge in [0.2, 0.25) is 0 Å². The average Bonchev–Trinajstić information content (AvgIpc) is 3.40. The Morgan fingerprint density at radius 1 is 0.475 bits per heavy atom. The van der Waals surface area contributed by atoms with Gasteiger partial charge in [-0.25, -0.2) is 0 Å². The van der Waals surface area contributed by atoms with Crippen LogP contribution in [0.15, 0.2) is 72.8 Å². The second kappa shape index (κ2) is 10.1. The summed E-state index contributed by atoms with van der Waals surface area (Å²) < 4.78 is 6.22. The molecule has 0 bridgehead atoms. The molecule has 4 aromatic carbocycles. The standard InChI is InChI=1S/C37H40N2.Pd/c1-22(2)27-15-11-16-28(23(3)4)34(27)38-21-39(35-29(24(5)6)17-12-18-30(35)25(7)8)37-32-20-10-14-26-13-9-19-31(33(26)32)36(37)38;/h9-20,22-25H,1-8H3;. The van der Waals surface area contributed by atoms with Crippen molar-refractivity contribution in [2.24, 2.45) is 0 Å². The van der Waals surface area contributed by atoms with Gasteiger partial charge in [-0.05, 0) is 0 Å². The number of para-hydroxylation sites is 2. The molecule has 5 aromatic rings. The SMILES string of the molecule is CC(C)c1cccc(C(C)C)c1-n1c2c(n(-c3c(C(C)C)cccc3C(C)C)[c]1=[Pd])-c1cccc3cccc-2c13. The summed E-state index contributed by atoms with van der Waals surface area (Å²) in [5, 5.41) is 2.65. The molecule has 0 atom stereocenters. The van der Waals surface area contributed by atoms with E-state index in [1.807, 2.05) is 0 Å². The van der Waals surface area contributed by atoms with Gasteiger partial charge in [0.15, 0.2) is 0 Å².